The minimum absolute atomic E-state index is 0.259. The molecule has 1 aromatic rings. The summed E-state index contributed by atoms with van der Waals surface area (Å²) in [5, 5.41) is 9.27. The number of aliphatic hydroxyl groups is 1. The van der Waals surface area contributed by atoms with Crippen molar-refractivity contribution >= 4 is 0 Å². The molecule has 1 aliphatic rings. The van der Waals surface area contributed by atoms with Gasteiger partial charge in [0.15, 0.2) is 0 Å². The van der Waals surface area contributed by atoms with Gasteiger partial charge in [-0.3, -0.25) is 0 Å². The van der Waals surface area contributed by atoms with Gasteiger partial charge in [0.05, 0.1) is 12.7 Å². The van der Waals surface area contributed by atoms with Crippen LogP contribution in [-0.2, 0) is 11.2 Å². The summed E-state index contributed by atoms with van der Waals surface area (Å²) in [5.74, 6) is 0.575. The third kappa shape index (κ3) is 2.80. The van der Waals surface area contributed by atoms with Gasteiger partial charge in [0.2, 0.25) is 0 Å². The Morgan fingerprint density at radius 2 is 2.13 bits per heavy atom. The second kappa shape index (κ2) is 4.77. The molecule has 0 aliphatic carbocycles. The molecule has 1 N–H and O–H groups in total. The average Bonchev–Trinajstić information content (AvgIpc) is 2.71. The highest BCUT2D eigenvalue weighted by molar-refractivity contribution is 5.26. The second-order valence-corrected chi connectivity index (χ2v) is 4.36. The summed E-state index contributed by atoms with van der Waals surface area (Å²) < 4.78 is 5.37. The van der Waals surface area contributed by atoms with Crippen molar-refractivity contribution in [3.63, 3.8) is 0 Å². The molecule has 1 aliphatic heterocycles. The monoisotopic (exact) mass is 206 g/mol. The first-order chi connectivity index (χ1) is 7.25. The molecule has 0 bridgehead atoms. The van der Waals surface area contributed by atoms with Gasteiger partial charge in [-0.25, -0.2) is 0 Å². The zero-order valence-electron chi connectivity index (χ0n) is 9.15. The molecule has 0 radical (unpaired) electrons. The van der Waals surface area contributed by atoms with Crippen molar-refractivity contribution in [1.82, 2.24) is 0 Å². The molecule has 2 unspecified atom stereocenters. The highest BCUT2D eigenvalue weighted by atomic mass is 16.5. The number of aliphatic hydroxyl groups excluding tert-OH is 1. The Hall–Kier alpha value is -0.860. The molecule has 1 saturated heterocycles. The van der Waals surface area contributed by atoms with Crippen LogP contribution >= 0.6 is 0 Å². The predicted octanol–water partition coefficient (Wildman–Crippen LogP) is 2.11. The molecule has 2 rings (SSSR count). The number of rotatable bonds is 3. The fourth-order valence-corrected chi connectivity index (χ4v) is 2.06. The van der Waals surface area contributed by atoms with Crippen molar-refractivity contribution in [3.8, 4) is 0 Å². The van der Waals surface area contributed by atoms with E-state index in [1.807, 2.05) is 6.92 Å². The molecule has 0 spiro atoms. The van der Waals surface area contributed by atoms with Crippen LogP contribution in [0.4, 0.5) is 0 Å². The maximum atomic E-state index is 9.27. The van der Waals surface area contributed by atoms with Crippen LogP contribution in [0.3, 0.4) is 0 Å². The molecule has 1 aromatic carbocycles. The third-order valence-corrected chi connectivity index (χ3v) is 2.91. The number of benzene rings is 1. The summed E-state index contributed by atoms with van der Waals surface area (Å²) in [6.07, 6.45) is 1.61. The van der Waals surface area contributed by atoms with Crippen LogP contribution in [0.1, 0.15) is 30.4 Å². The van der Waals surface area contributed by atoms with Gasteiger partial charge in [-0.2, -0.15) is 0 Å². The predicted molar refractivity (Wildman–Crippen MR) is 60.0 cm³/mol. The van der Waals surface area contributed by atoms with Crippen LogP contribution < -0.4 is 0 Å². The smallest absolute Gasteiger partial charge is 0.0552 e. The molecule has 2 heteroatoms. The van der Waals surface area contributed by atoms with E-state index in [-0.39, 0.29) is 6.10 Å². The Labute approximate surface area is 90.9 Å². The van der Waals surface area contributed by atoms with E-state index in [0.717, 1.165) is 26.1 Å². The normalized spacial score (nSPS) is 22.9. The largest absolute Gasteiger partial charge is 0.393 e. The lowest BCUT2D eigenvalue weighted by Gasteiger charge is -2.09. The maximum Gasteiger partial charge on any atom is 0.0552 e. The SMILES string of the molecule is CC(O)Cc1ccc(C2CCOC2)cc1. The van der Waals surface area contributed by atoms with Gasteiger partial charge in [0, 0.05) is 12.5 Å². The summed E-state index contributed by atoms with van der Waals surface area (Å²) in [6, 6.07) is 8.55. The Morgan fingerprint density at radius 1 is 1.40 bits per heavy atom. The van der Waals surface area contributed by atoms with Crippen LogP contribution in [0.15, 0.2) is 24.3 Å². The third-order valence-electron chi connectivity index (χ3n) is 2.91. The second-order valence-electron chi connectivity index (χ2n) is 4.36. The highest BCUT2D eigenvalue weighted by Gasteiger charge is 2.17. The van der Waals surface area contributed by atoms with Crippen LogP contribution in [0.2, 0.25) is 0 Å². The summed E-state index contributed by atoms with van der Waals surface area (Å²) in [6.45, 7) is 3.56. The van der Waals surface area contributed by atoms with Gasteiger partial charge in [-0.05, 0) is 30.9 Å². The van der Waals surface area contributed by atoms with E-state index in [0.29, 0.717) is 5.92 Å². The van der Waals surface area contributed by atoms with E-state index in [1.165, 1.54) is 11.1 Å². The number of hydrogen-bond donors (Lipinski definition) is 1. The Balaban J connectivity index is 2.03. The Morgan fingerprint density at radius 3 is 2.67 bits per heavy atom. The quantitative estimate of drug-likeness (QED) is 0.820. The molecule has 0 saturated carbocycles. The van der Waals surface area contributed by atoms with Crippen molar-refractivity contribution in [3.05, 3.63) is 35.4 Å². The number of hydrogen-bond acceptors (Lipinski definition) is 2. The zero-order valence-corrected chi connectivity index (χ0v) is 9.15. The van der Waals surface area contributed by atoms with Crippen LogP contribution in [0.25, 0.3) is 0 Å². The fourth-order valence-electron chi connectivity index (χ4n) is 2.06. The van der Waals surface area contributed by atoms with E-state index in [2.05, 4.69) is 24.3 Å². The topological polar surface area (TPSA) is 29.5 Å². The fraction of sp³-hybridized carbons (Fsp3) is 0.538. The minimum atomic E-state index is -0.259. The van der Waals surface area contributed by atoms with Crippen LogP contribution in [0.5, 0.6) is 0 Å². The first kappa shape index (κ1) is 10.7. The first-order valence-electron chi connectivity index (χ1n) is 5.60. The van der Waals surface area contributed by atoms with Crippen LogP contribution in [-0.4, -0.2) is 24.4 Å². The standard InChI is InChI=1S/C13H18O2/c1-10(14)8-11-2-4-12(5-3-11)13-6-7-15-9-13/h2-5,10,13-14H,6-9H2,1H3. The minimum Gasteiger partial charge on any atom is -0.393 e. The van der Waals surface area contributed by atoms with E-state index in [1.54, 1.807) is 0 Å². The van der Waals surface area contributed by atoms with Crippen molar-refractivity contribution in [2.75, 3.05) is 13.2 Å². The molecular weight excluding hydrogens is 188 g/mol. The molecule has 2 atom stereocenters. The lowest BCUT2D eigenvalue weighted by atomic mass is 9.96. The van der Waals surface area contributed by atoms with Gasteiger partial charge in [-0.15, -0.1) is 0 Å². The number of ether oxygens (including phenoxy) is 1. The van der Waals surface area contributed by atoms with Gasteiger partial charge in [-0.1, -0.05) is 24.3 Å². The van der Waals surface area contributed by atoms with Gasteiger partial charge < -0.3 is 9.84 Å². The van der Waals surface area contributed by atoms with Crippen LogP contribution in [0, 0.1) is 0 Å². The highest BCUT2D eigenvalue weighted by Crippen LogP contribution is 2.25. The lowest BCUT2D eigenvalue weighted by Crippen LogP contribution is -2.04. The molecule has 1 fully saturated rings. The molecule has 2 nitrogen and oxygen atoms in total. The van der Waals surface area contributed by atoms with Gasteiger partial charge >= 0.3 is 0 Å². The summed E-state index contributed by atoms with van der Waals surface area (Å²) in [7, 11) is 0. The first-order valence-corrected chi connectivity index (χ1v) is 5.60. The molecular formula is C13H18O2. The molecule has 15 heavy (non-hydrogen) atoms. The van der Waals surface area contributed by atoms with Crippen molar-refractivity contribution in [2.24, 2.45) is 0 Å². The van der Waals surface area contributed by atoms with E-state index in [9.17, 15) is 5.11 Å². The summed E-state index contributed by atoms with van der Waals surface area (Å²) >= 11 is 0. The molecule has 1 heterocycles. The molecule has 0 aromatic heterocycles. The molecule has 82 valence electrons. The Bertz CT molecular complexity index is 297. The maximum absolute atomic E-state index is 9.27. The average molecular weight is 206 g/mol. The zero-order chi connectivity index (χ0) is 10.7. The van der Waals surface area contributed by atoms with Gasteiger partial charge in [0.1, 0.15) is 0 Å². The van der Waals surface area contributed by atoms with E-state index >= 15 is 0 Å². The van der Waals surface area contributed by atoms with Crippen molar-refractivity contribution in [1.29, 1.82) is 0 Å². The van der Waals surface area contributed by atoms with E-state index < -0.39 is 0 Å². The van der Waals surface area contributed by atoms with Crippen molar-refractivity contribution < 1.29 is 9.84 Å². The van der Waals surface area contributed by atoms with Gasteiger partial charge in [0.25, 0.3) is 0 Å². The summed E-state index contributed by atoms with van der Waals surface area (Å²) in [5.41, 5.74) is 2.56. The lowest BCUT2D eigenvalue weighted by molar-refractivity contribution is 0.193. The van der Waals surface area contributed by atoms with E-state index in [4.69, 9.17) is 4.74 Å². The Kier molecular flexibility index (Phi) is 3.39. The molecule has 0 amide bonds. The van der Waals surface area contributed by atoms with Crippen molar-refractivity contribution in [2.45, 2.75) is 31.8 Å². The summed E-state index contributed by atoms with van der Waals surface area (Å²) in [4.78, 5) is 0.